The van der Waals surface area contributed by atoms with E-state index in [1.807, 2.05) is 12.1 Å². The molecule has 0 aliphatic carbocycles. The molecule has 0 fully saturated rings. The van der Waals surface area contributed by atoms with Gasteiger partial charge >= 0.3 is 0 Å². The zero-order valence-corrected chi connectivity index (χ0v) is 11.4. The van der Waals surface area contributed by atoms with E-state index in [9.17, 15) is 0 Å². The average Bonchev–Trinajstić information content (AvgIpc) is 2.42. The summed E-state index contributed by atoms with van der Waals surface area (Å²) in [6.45, 7) is 3.20. The standard InChI is InChI=1S/C16H23NO/c1-4-6-7-11-16(17-12-5-2)14-9-8-10-15(13-14)18-3/h1,8-10,13,16-17H,5-7,11-12H2,2-3H3. The van der Waals surface area contributed by atoms with Crippen molar-refractivity contribution in [2.24, 2.45) is 0 Å². The fourth-order valence-corrected chi connectivity index (χ4v) is 1.97. The third-order valence-electron chi connectivity index (χ3n) is 2.95. The van der Waals surface area contributed by atoms with E-state index in [1.165, 1.54) is 5.56 Å². The van der Waals surface area contributed by atoms with Crippen LogP contribution in [0.3, 0.4) is 0 Å². The van der Waals surface area contributed by atoms with Crippen LogP contribution in [0, 0.1) is 12.3 Å². The van der Waals surface area contributed by atoms with Crippen LogP contribution in [-0.4, -0.2) is 13.7 Å². The Hall–Kier alpha value is -1.46. The van der Waals surface area contributed by atoms with Gasteiger partial charge in [0.15, 0.2) is 0 Å². The summed E-state index contributed by atoms with van der Waals surface area (Å²) in [6.07, 6.45) is 9.40. The molecule has 0 bridgehead atoms. The molecule has 0 amide bonds. The summed E-state index contributed by atoms with van der Waals surface area (Å²) in [4.78, 5) is 0. The van der Waals surface area contributed by atoms with Gasteiger partial charge in [0.2, 0.25) is 0 Å². The van der Waals surface area contributed by atoms with Gasteiger partial charge in [0.05, 0.1) is 7.11 Å². The molecule has 0 aliphatic heterocycles. The van der Waals surface area contributed by atoms with E-state index in [1.54, 1.807) is 7.11 Å². The Balaban J connectivity index is 2.70. The molecule has 1 atom stereocenters. The van der Waals surface area contributed by atoms with Gasteiger partial charge in [-0.3, -0.25) is 0 Å². The largest absolute Gasteiger partial charge is 0.497 e. The van der Waals surface area contributed by atoms with E-state index in [2.05, 4.69) is 30.3 Å². The van der Waals surface area contributed by atoms with E-state index < -0.39 is 0 Å². The topological polar surface area (TPSA) is 21.3 Å². The van der Waals surface area contributed by atoms with Gasteiger partial charge in [-0.15, -0.1) is 12.3 Å². The Labute approximate surface area is 111 Å². The average molecular weight is 245 g/mol. The van der Waals surface area contributed by atoms with Crippen molar-refractivity contribution in [3.8, 4) is 18.1 Å². The molecular weight excluding hydrogens is 222 g/mol. The Morgan fingerprint density at radius 1 is 1.44 bits per heavy atom. The molecule has 0 heterocycles. The number of rotatable bonds is 8. The van der Waals surface area contributed by atoms with Crippen LogP contribution in [0.15, 0.2) is 24.3 Å². The van der Waals surface area contributed by atoms with E-state index >= 15 is 0 Å². The maximum atomic E-state index is 5.31. The molecule has 0 radical (unpaired) electrons. The molecule has 0 aromatic heterocycles. The molecule has 1 aromatic carbocycles. The van der Waals surface area contributed by atoms with Gasteiger partial charge in [-0.25, -0.2) is 0 Å². The van der Waals surface area contributed by atoms with Crippen molar-refractivity contribution in [3.05, 3.63) is 29.8 Å². The van der Waals surface area contributed by atoms with Crippen molar-refractivity contribution in [1.82, 2.24) is 5.32 Å². The highest BCUT2D eigenvalue weighted by molar-refractivity contribution is 5.30. The van der Waals surface area contributed by atoms with Crippen LogP contribution < -0.4 is 10.1 Å². The van der Waals surface area contributed by atoms with E-state index in [0.29, 0.717) is 6.04 Å². The molecule has 1 aromatic rings. The molecule has 98 valence electrons. The summed E-state index contributed by atoms with van der Waals surface area (Å²) in [7, 11) is 1.70. The minimum atomic E-state index is 0.369. The van der Waals surface area contributed by atoms with Crippen molar-refractivity contribution in [1.29, 1.82) is 0 Å². The van der Waals surface area contributed by atoms with Crippen LogP contribution in [-0.2, 0) is 0 Å². The second-order valence-corrected chi connectivity index (χ2v) is 4.38. The first-order chi connectivity index (χ1) is 8.81. The molecule has 2 heteroatoms. The van der Waals surface area contributed by atoms with Gasteiger partial charge in [0.25, 0.3) is 0 Å². The third-order valence-corrected chi connectivity index (χ3v) is 2.95. The summed E-state index contributed by atoms with van der Waals surface area (Å²) < 4.78 is 5.27. The van der Waals surface area contributed by atoms with Gasteiger partial charge in [-0.2, -0.15) is 0 Å². The number of methoxy groups -OCH3 is 1. The second kappa shape index (κ2) is 8.60. The molecule has 0 aliphatic rings. The van der Waals surface area contributed by atoms with Crippen molar-refractivity contribution in [3.63, 3.8) is 0 Å². The lowest BCUT2D eigenvalue weighted by Crippen LogP contribution is -2.22. The van der Waals surface area contributed by atoms with Crippen LogP contribution in [0.5, 0.6) is 5.75 Å². The maximum absolute atomic E-state index is 5.31. The minimum absolute atomic E-state index is 0.369. The molecule has 0 saturated carbocycles. The number of hydrogen-bond acceptors (Lipinski definition) is 2. The Bertz CT molecular complexity index is 381. The maximum Gasteiger partial charge on any atom is 0.119 e. The number of ether oxygens (including phenoxy) is 1. The number of benzene rings is 1. The highest BCUT2D eigenvalue weighted by Gasteiger charge is 2.10. The van der Waals surface area contributed by atoms with Crippen molar-refractivity contribution in [2.75, 3.05) is 13.7 Å². The van der Waals surface area contributed by atoms with Crippen molar-refractivity contribution >= 4 is 0 Å². The van der Waals surface area contributed by atoms with Gasteiger partial charge in [0.1, 0.15) is 5.75 Å². The van der Waals surface area contributed by atoms with Crippen molar-refractivity contribution < 1.29 is 4.74 Å². The molecule has 0 spiro atoms. The molecule has 1 unspecified atom stereocenters. The first-order valence-corrected chi connectivity index (χ1v) is 6.62. The first kappa shape index (κ1) is 14.6. The summed E-state index contributed by atoms with van der Waals surface area (Å²) in [5.74, 6) is 3.61. The zero-order chi connectivity index (χ0) is 13.2. The quantitative estimate of drug-likeness (QED) is 0.559. The molecule has 18 heavy (non-hydrogen) atoms. The Morgan fingerprint density at radius 2 is 2.28 bits per heavy atom. The highest BCUT2D eigenvalue weighted by Crippen LogP contribution is 2.23. The van der Waals surface area contributed by atoms with Gasteiger partial charge in [-0.05, 0) is 43.5 Å². The van der Waals surface area contributed by atoms with E-state index in [0.717, 1.165) is 38.0 Å². The van der Waals surface area contributed by atoms with E-state index in [4.69, 9.17) is 11.2 Å². The molecule has 1 N–H and O–H groups in total. The highest BCUT2D eigenvalue weighted by atomic mass is 16.5. The number of unbranched alkanes of at least 4 members (excludes halogenated alkanes) is 1. The van der Waals surface area contributed by atoms with Gasteiger partial charge in [0, 0.05) is 12.5 Å². The van der Waals surface area contributed by atoms with Crippen LogP contribution >= 0.6 is 0 Å². The van der Waals surface area contributed by atoms with Crippen molar-refractivity contribution in [2.45, 2.75) is 38.6 Å². The Kier molecular flexibility index (Phi) is 6.98. The van der Waals surface area contributed by atoms with Crippen LogP contribution in [0.2, 0.25) is 0 Å². The number of nitrogens with one attached hydrogen (secondary N) is 1. The smallest absolute Gasteiger partial charge is 0.119 e. The summed E-state index contributed by atoms with van der Waals surface area (Å²) in [5.41, 5.74) is 1.28. The lowest BCUT2D eigenvalue weighted by Gasteiger charge is -2.19. The SMILES string of the molecule is C#CCCCC(NCCC)c1cccc(OC)c1. The van der Waals surface area contributed by atoms with Gasteiger partial charge in [-0.1, -0.05) is 19.1 Å². The normalized spacial score (nSPS) is 11.8. The number of hydrogen-bond donors (Lipinski definition) is 1. The second-order valence-electron chi connectivity index (χ2n) is 4.38. The third kappa shape index (κ3) is 4.81. The molecular formula is C16H23NO. The Morgan fingerprint density at radius 3 is 2.94 bits per heavy atom. The van der Waals surface area contributed by atoms with Crippen LogP contribution in [0.25, 0.3) is 0 Å². The molecule has 1 rings (SSSR count). The minimum Gasteiger partial charge on any atom is -0.497 e. The first-order valence-electron chi connectivity index (χ1n) is 6.62. The predicted octanol–water partition coefficient (Wildman–Crippen LogP) is 3.54. The van der Waals surface area contributed by atoms with E-state index in [-0.39, 0.29) is 0 Å². The monoisotopic (exact) mass is 245 g/mol. The van der Waals surface area contributed by atoms with Crippen LogP contribution in [0.4, 0.5) is 0 Å². The summed E-state index contributed by atoms with van der Waals surface area (Å²) in [5, 5.41) is 3.57. The lowest BCUT2D eigenvalue weighted by atomic mass is 10.0. The fourth-order valence-electron chi connectivity index (χ4n) is 1.97. The lowest BCUT2D eigenvalue weighted by molar-refractivity contribution is 0.412. The molecule has 2 nitrogen and oxygen atoms in total. The molecule has 0 saturated heterocycles. The summed E-state index contributed by atoms with van der Waals surface area (Å²) >= 11 is 0. The number of terminal acetylenes is 1. The predicted molar refractivity (Wildman–Crippen MR) is 76.7 cm³/mol. The fraction of sp³-hybridized carbons (Fsp3) is 0.500. The van der Waals surface area contributed by atoms with Crippen LogP contribution in [0.1, 0.15) is 44.2 Å². The zero-order valence-electron chi connectivity index (χ0n) is 11.4. The summed E-state index contributed by atoms with van der Waals surface area (Å²) in [6, 6.07) is 8.63. The van der Waals surface area contributed by atoms with Gasteiger partial charge < -0.3 is 10.1 Å².